The van der Waals surface area contributed by atoms with Gasteiger partial charge in [-0.15, -0.1) is 0 Å². The summed E-state index contributed by atoms with van der Waals surface area (Å²) in [4.78, 5) is 0.507. The quantitative estimate of drug-likeness (QED) is 0.386. The zero-order valence-corrected chi connectivity index (χ0v) is 17.2. The predicted octanol–water partition coefficient (Wildman–Crippen LogP) is 6.31. The molecule has 2 nitrogen and oxygen atoms in total. The second-order valence-electron chi connectivity index (χ2n) is 6.73. The van der Waals surface area contributed by atoms with Crippen molar-refractivity contribution in [2.75, 3.05) is 7.11 Å². The number of halogens is 2. The highest BCUT2D eigenvalue weighted by atomic mass is 32.2. The first kappa shape index (κ1) is 20.7. The average Bonchev–Trinajstić information content (AvgIpc) is 2.58. The van der Waals surface area contributed by atoms with Crippen molar-refractivity contribution in [2.24, 2.45) is 0 Å². The van der Waals surface area contributed by atoms with E-state index in [1.165, 1.54) is 6.08 Å². The van der Waals surface area contributed by atoms with Crippen LogP contribution in [-0.2, 0) is 4.43 Å². The maximum Gasteiger partial charge on any atom is 0.326 e. The lowest BCUT2D eigenvalue weighted by molar-refractivity contribution is 0.00288. The summed E-state index contributed by atoms with van der Waals surface area (Å²) in [5.41, 5.74) is 0.736. The van der Waals surface area contributed by atoms with Crippen molar-refractivity contribution in [2.45, 2.75) is 35.9 Å². The van der Waals surface area contributed by atoms with E-state index in [-0.39, 0.29) is 0 Å². The molecule has 0 aliphatic rings. The van der Waals surface area contributed by atoms with Crippen LogP contribution in [0, 0.1) is 0 Å². The predicted molar refractivity (Wildman–Crippen MR) is 107 cm³/mol. The van der Waals surface area contributed by atoms with E-state index in [1.54, 1.807) is 49.6 Å². The van der Waals surface area contributed by atoms with Crippen LogP contribution in [0.1, 0.15) is 5.56 Å². The van der Waals surface area contributed by atoms with Gasteiger partial charge in [-0.3, -0.25) is 0 Å². The van der Waals surface area contributed by atoms with Gasteiger partial charge < -0.3 is 9.16 Å². The lowest BCUT2D eigenvalue weighted by Gasteiger charge is -2.30. The van der Waals surface area contributed by atoms with Crippen molar-refractivity contribution < 1.29 is 17.9 Å². The molecular weight excluding hydrogens is 370 g/mol. The summed E-state index contributed by atoms with van der Waals surface area (Å²) in [6.07, 6.45) is 1.75. The number of hydrogen-bond donors (Lipinski definition) is 0. The van der Waals surface area contributed by atoms with Crippen molar-refractivity contribution in [3.63, 3.8) is 0 Å². The molecule has 6 heteroatoms. The van der Waals surface area contributed by atoms with Crippen molar-refractivity contribution in [1.29, 1.82) is 0 Å². The molecule has 0 aliphatic heterocycles. The number of alkyl halides is 2. The number of methoxy groups -OCH3 is 1. The standard InChI is InChI=1S/C20H24F2O2SSi/c1-23-18-13-9-8-10-16(18)14-15-19(24-26(2,3)4)20(21,22)25-17-11-6-5-7-12-17/h5-15,19H,1-4H3/b15-14+. The first-order chi connectivity index (χ1) is 12.2. The fraction of sp³-hybridized carbons (Fsp3) is 0.300. The Morgan fingerprint density at radius 2 is 1.62 bits per heavy atom. The van der Waals surface area contributed by atoms with Gasteiger partial charge in [-0.2, -0.15) is 8.78 Å². The molecule has 1 atom stereocenters. The maximum atomic E-state index is 15.0. The zero-order valence-electron chi connectivity index (χ0n) is 15.4. The molecule has 0 fully saturated rings. The Morgan fingerprint density at radius 1 is 1.00 bits per heavy atom. The third kappa shape index (κ3) is 6.27. The second-order valence-corrected chi connectivity index (χ2v) is 12.4. The highest BCUT2D eigenvalue weighted by Gasteiger charge is 2.42. The van der Waals surface area contributed by atoms with E-state index in [0.29, 0.717) is 22.4 Å². The first-order valence-corrected chi connectivity index (χ1v) is 12.5. The maximum absolute atomic E-state index is 15.0. The minimum Gasteiger partial charge on any atom is -0.496 e. The molecule has 2 aromatic carbocycles. The Labute approximate surface area is 159 Å². The van der Waals surface area contributed by atoms with Crippen LogP contribution >= 0.6 is 11.8 Å². The number of thioether (sulfide) groups is 1. The van der Waals surface area contributed by atoms with Crippen LogP contribution in [0.3, 0.4) is 0 Å². The smallest absolute Gasteiger partial charge is 0.326 e. The molecule has 26 heavy (non-hydrogen) atoms. The fourth-order valence-corrected chi connectivity index (χ4v) is 4.22. The molecule has 0 saturated carbocycles. The summed E-state index contributed by atoms with van der Waals surface area (Å²) in [6.45, 7) is 5.71. The number of para-hydroxylation sites is 1. The Kier molecular flexibility index (Phi) is 7.03. The van der Waals surface area contributed by atoms with E-state index < -0.39 is 19.7 Å². The van der Waals surface area contributed by atoms with Gasteiger partial charge in [-0.25, -0.2) is 0 Å². The molecular formula is C20H24F2O2SSi. The summed E-state index contributed by atoms with van der Waals surface area (Å²) in [6, 6.07) is 15.9. The highest BCUT2D eigenvalue weighted by molar-refractivity contribution is 8.00. The van der Waals surface area contributed by atoms with Crippen LogP contribution in [0.5, 0.6) is 5.75 Å². The Hall–Kier alpha value is -1.63. The van der Waals surface area contributed by atoms with E-state index in [0.717, 1.165) is 5.56 Å². The lowest BCUT2D eigenvalue weighted by atomic mass is 10.1. The van der Waals surface area contributed by atoms with Crippen molar-refractivity contribution in [3.8, 4) is 5.75 Å². The molecule has 2 aromatic rings. The largest absolute Gasteiger partial charge is 0.496 e. The molecule has 0 saturated heterocycles. The van der Waals surface area contributed by atoms with E-state index in [9.17, 15) is 8.78 Å². The Balaban J connectivity index is 2.28. The van der Waals surface area contributed by atoms with Gasteiger partial charge in [0, 0.05) is 10.5 Å². The molecule has 0 radical (unpaired) electrons. The van der Waals surface area contributed by atoms with Gasteiger partial charge in [0.05, 0.1) is 7.11 Å². The van der Waals surface area contributed by atoms with Gasteiger partial charge in [0.25, 0.3) is 0 Å². The first-order valence-electron chi connectivity index (χ1n) is 8.32. The second kappa shape index (κ2) is 8.84. The van der Waals surface area contributed by atoms with E-state index in [4.69, 9.17) is 9.16 Å². The van der Waals surface area contributed by atoms with E-state index in [2.05, 4.69) is 0 Å². The lowest BCUT2D eigenvalue weighted by Crippen LogP contribution is -2.40. The molecule has 0 N–H and O–H groups in total. The SMILES string of the molecule is COc1ccccc1/C=C/C(O[Si](C)(C)C)C(F)(F)Sc1ccccc1. The Bertz CT molecular complexity index is 730. The minimum absolute atomic E-state index is 0.507. The normalized spacial score (nSPS) is 13.8. The van der Waals surface area contributed by atoms with Gasteiger partial charge in [-0.1, -0.05) is 42.5 Å². The topological polar surface area (TPSA) is 18.5 Å². The molecule has 0 aromatic heterocycles. The number of ether oxygens (including phenoxy) is 1. The molecule has 0 aliphatic carbocycles. The van der Waals surface area contributed by atoms with Gasteiger partial charge in [0.1, 0.15) is 11.9 Å². The van der Waals surface area contributed by atoms with Crippen LogP contribution in [0.2, 0.25) is 19.6 Å². The molecule has 0 amide bonds. The van der Waals surface area contributed by atoms with Gasteiger partial charge in [-0.05, 0) is 55.7 Å². The van der Waals surface area contributed by atoms with E-state index in [1.807, 2.05) is 37.8 Å². The summed E-state index contributed by atoms with van der Waals surface area (Å²) >= 11 is 0.521. The molecule has 140 valence electrons. The summed E-state index contributed by atoms with van der Waals surface area (Å²) in [7, 11) is -0.625. The average molecular weight is 395 g/mol. The molecule has 0 bridgehead atoms. The number of hydrogen-bond acceptors (Lipinski definition) is 3. The van der Waals surface area contributed by atoms with Gasteiger partial charge in [0.2, 0.25) is 0 Å². The van der Waals surface area contributed by atoms with E-state index >= 15 is 0 Å². The van der Waals surface area contributed by atoms with Crippen molar-refractivity contribution in [1.82, 2.24) is 0 Å². The zero-order chi connectivity index (χ0) is 19.2. The fourth-order valence-electron chi connectivity index (χ4n) is 2.30. The molecule has 2 rings (SSSR count). The third-order valence-corrected chi connectivity index (χ3v) is 5.37. The summed E-state index contributed by atoms with van der Waals surface area (Å²) in [5.74, 6) is 0.634. The minimum atomic E-state index is -3.10. The molecule has 1 unspecified atom stereocenters. The van der Waals surface area contributed by atoms with Crippen LogP contribution in [0.4, 0.5) is 8.78 Å². The third-order valence-electron chi connectivity index (χ3n) is 3.40. The molecule has 0 heterocycles. The van der Waals surface area contributed by atoms with Crippen molar-refractivity contribution in [3.05, 3.63) is 66.2 Å². The van der Waals surface area contributed by atoms with Gasteiger partial charge in [0.15, 0.2) is 8.32 Å². The summed E-state index contributed by atoms with van der Waals surface area (Å²) < 4.78 is 41.0. The summed E-state index contributed by atoms with van der Waals surface area (Å²) in [5, 5.41) is -3.10. The van der Waals surface area contributed by atoms with Crippen LogP contribution < -0.4 is 4.74 Å². The van der Waals surface area contributed by atoms with Gasteiger partial charge >= 0.3 is 5.25 Å². The number of rotatable bonds is 8. The van der Waals surface area contributed by atoms with Crippen LogP contribution in [0.25, 0.3) is 6.08 Å². The van der Waals surface area contributed by atoms with Crippen molar-refractivity contribution >= 4 is 26.2 Å². The monoisotopic (exact) mass is 394 g/mol. The highest BCUT2D eigenvalue weighted by Crippen LogP contribution is 2.41. The Morgan fingerprint density at radius 3 is 2.23 bits per heavy atom. The number of benzene rings is 2. The van der Waals surface area contributed by atoms with Crippen LogP contribution in [0.15, 0.2) is 65.6 Å². The van der Waals surface area contributed by atoms with Crippen LogP contribution in [-0.4, -0.2) is 26.8 Å². The molecule has 0 spiro atoms.